The number of carbonyl (C=O) groups excluding carboxylic acids is 1. The van der Waals surface area contributed by atoms with Gasteiger partial charge in [0.15, 0.2) is 6.10 Å². The van der Waals surface area contributed by atoms with Gasteiger partial charge < -0.3 is 10.4 Å². The van der Waals surface area contributed by atoms with Crippen LogP contribution in [0, 0.1) is 17.5 Å². The summed E-state index contributed by atoms with van der Waals surface area (Å²) < 4.78 is 79.8. The number of hydrogen-bond donors (Lipinski definition) is 2. The second-order valence-electron chi connectivity index (χ2n) is 7.01. The molecule has 2 aromatic carbocycles. The average Bonchev–Trinajstić information content (AvgIpc) is 2.72. The lowest BCUT2D eigenvalue weighted by molar-refractivity contribution is -0.206. The Morgan fingerprint density at radius 2 is 1.69 bits per heavy atom. The molecule has 1 aromatic heterocycles. The van der Waals surface area contributed by atoms with E-state index in [1.54, 1.807) is 0 Å². The molecule has 0 aliphatic carbocycles. The minimum Gasteiger partial charge on any atom is -0.379 e. The number of amides is 1. The van der Waals surface area contributed by atoms with Gasteiger partial charge in [-0.15, -0.1) is 0 Å². The summed E-state index contributed by atoms with van der Waals surface area (Å²) in [5.41, 5.74) is -1.14. The van der Waals surface area contributed by atoms with Crippen LogP contribution in [-0.2, 0) is 0 Å². The first kappa shape index (κ1) is 23.3. The number of rotatable bonds is 5. The van der Waals surface area contributed by atoms with Crippen molar-refractivity contribution >= 4 is 5.91 Å². The zero-order valence-corrected chi connectivity index (χ0v) is 16.4. The van der Waals surface area contributed by atoms with Gasteiger partial charge in [0.1, 0.15) is 17.5 Å². The zero-order valence-electron chi connectivity index (χ0n) is 16.4. The van der Waals surface area contributed by atoms with E-state index in [4.69, 9.17) is 0 Å². The van der Waals surface area contributed by atoms with Crippen molar-refractivity contribution in [3.05, 3.63) is 89.0 Å². The van der Waals surface area contributed by atoms with Crippen molar-refractivity contribution in [1.82, 2.24) is 10.3 Å². The van der Waals surface area contributed by atoms with Gasteiger partial charge in [-0.25, -0.2) is 13.2 Å². The molecule has 3 aromatic rings. The van der Waals surface area contributed by atoms with Crippen molar-refractivity contribution < 1.29 is 36.2 Å². The van der Waals surface area contributed by atoms with Crippen LogP contribution in [0.1, 0.15) is 40.7 Å². The lowest BCUT2D eigenvalue weighted by atomic mass is 9.96. The molecule has 4 nitrogen and oxygen atoms in total. The normalized spacial score (nSPS) is 13.5. The fourth-order valence-electron chi connectivity index (χ4n) is 3.01. The molecule has 0 fully saturated rings. The SMILES string of the molecule is C[C@@H](NC(=O)c1cc(-c2ccc(F)cc2F)cc(C(O)C(F)(F)F)c1)c1ccc(F)cn1. The number of aliphatic hydroxyl groups excluding tert-OH is 1. The largest absolute Gasteiger partial charge is 0.418 e. The molecule has 1 heterocycles. The van der Waals surface area contributed by atoms with Crippen LogP contribution in [0.4, 0.5) is 26.3 Å². The molecule has 0 saturated heterocycles. The van der Waals surface area contributed by atoms with Crippen molar-refractivity contribution in [3.63, 3.8) is 0 Å². The van der Waals surface area contributed by atoms with E-state index in [1.165, 1.54) is 13.0 Å². The van der Waals surface area contributed by atoms with Crippen LogP contribution in [0.5, 0.6) is 0 Å². The highest BCUT2D eigenvalue weighted by atomic mass is 19.4. The van der Waals surface area contributed by atoms with Gasteiger partial charge in [0.2, 0.25) is 0 Å². The number of aromatic nitrogens is 1. The zero-order chi connectivity index (χ0) is 23.6. The predicted octanol–water partition coefficient (Wildman–Crippen LogP) is 5.25. The molecule has 0 saturated carbocycles. The molecule has 10 heteroatoms. The molecule has 1 unspecified atom stereocenters. The Bertz CT molecular complexity index is 1130. The van der Waals surface area contributed by atoms with Gasteiger partial charge in [0.25, 0.3) is 5.91 Å². The number of alkyl halides is 3. The highest BCUT2D eigenvalue weighted by molar-refractivity contribution is 5.96. The predicted molar refractivity (Wildman–Crippen MR) is 103 cm³/mol. The van der Waals surface area contributed by atoms with E-state index in [-0.39, 0.29) is 22.4 Å². The molecule has 2 N–H and O–H groups in total. The van der Waals surface area contributed by atoms with Gasteiger partial charge in [-0.3, -0.25) is 9.78 Å². The minimum absolute atomic E-state index is 0.166. The number of hydrogen-bond acceptors (Lipinski definition) is 3. The number of benzene rings is 2. The lowest BCUT2D eigenvalue weighted by Crippen LogP contribution is -2.28. The number of nitrogens with zero attached hydrogens (tertiary/aromatic N) is 1. The van der Waals surface area contributed by atoms with Crippen LogP contribution in [0.15, 0.2) is 54.7 Å². The molecule has 0 bridgehead atoms. The second kappa shape index (κ2) is 8.99. The van der Waals surface area contributed by atoms with E-state index in [9.17, 15) is 36.2 Å². The van der Waals surface area contributed by atoms with E-state index in [2.05, 4.69) is 10.3 Å². The first-order chi connectivity index (χ1) is 15.0. The summed E-state index contributed by atoms with van der Waals surface area (Å²) >= 11 is 0. The Labute approximate surface area is 178 Å². The monoisotopic (exact) mass is 454 g/mol. The highest BCUT2D eigenvalue weighted by Crippen LogP contribution is 2.35. The van der Waals surface area contributed by atoms with Crippen molar-refractivity contribution in [1.29, 1.82) is 0 Å². The summed E-state index contributed by atoms with van der Waals surface area (Å²) in [6, 6.07) is 6.98. The summed E-state index contributed by atoms with van der Waals surface area (Å²) in [5, 5.41) is 12.2. The van der Waals surface area contributed by atoms with E-state index in [0.717, 1.165) is 42.6 Å². The third-order valence-electron chi connectivity index (χ3n) is 4.63. The number of aliphatic hydroxyl groups is 1. The molecule has 0 spiro atoms. The molecular weight excluding hydrogens is 438 g/mol. The minimum atomic E-state index is -5.04. The average molecular weight is 454 g/mol. The summed E-state index contributed by atoms with van der Waals surface area (Å²) in [6.45, 7) is 1.52. The van der Waals surface area contributed by atoms with Crippen LogP contribution in [0.2, 0.25) is 0 Å². The van der Waals surface area contributed by atoms with Crippen molar-refractivity contribution in [2.75, 3.05) is 0 Å². The van der Waals surface area contributed by atoms with Crippen LogP contribution in [0.3, 0.4) is 0 Å². The topological polar surface area (TPSA) is 62.2 Å². The molecule has 3 rings (SSSR count). The van der Waals surface area contributed by atoms with E-state index in [1.807, 2.05) is 0 Å². The van der Waals surface area contributed by atoms with Gasteiger partial charge >= 0.3 is 6.18 Å². The Kier molecular flexibility index (Phi) is 6.54. The standard InChI is InChI=1S/C22H16F6N2O2/c1-11(19-5-3-16(24)10-29-19)30-21(32)14-7-12(17-4-2-15(23)9-18(17)25)6-13(8-14)20(31)22(26,27)28/h2-11,20,31H,1H3,(H,30,32)/t11-,20?/m1/s1. The summed E-state index contributed by atoms with van der Waals surface area (Å²) in [6.07, 6.45) is -7.04. The Balaban J connectivity index is 2.01. The maximum atomic E-state index is 14.2. The quantitative estimate of drug-likeness (QED) is 0.518. The molecule has 0 aliphatic heterocycles. The van der Waals surface area contributed by atoms with Crippen LogP contribution in [-0.4, -0.2) is 22.2 Å². The van der Waals surface area contributed by atoms with E-state index in [0.29, 0.717) is 6.07 Å². The van der Waals surface area contributed by atoms with Gasteiger partial charge in [-0.1, -0.05) is 0 Å². The van der Waals surface area contributed by atoms with Gasteiger partial charge in [-0.05, 0) is 60.5 Å². The third kappa shape index (κ3) is 5.25. The Morgan fingerprint density at radius 1 is 1.00 bits per heavy atom. The van der Waals surface area contributed by atoms with Crippen molar-refractivity contribution in [2.45, 2.75) is 25.2 Å². The molecular formula is C22H16F6N2O2. The number of carbonyl (C=O) groups is 1. The Morgan fingerprint density at radius 3 is 2.28 bits per heavy atom. The van der Waals surface area contributed by atoms with Gasteiger partial charge in [0, 0.05) is 17.2 Å². The molecule has 2 atom stereocenters. The van der Waals surface area contributed by atoms with Crippen LogP contribution >= 0.6 is 0 Å². The maximum Gasteiger partial charge on any atom is 0.418 e. The fraction of sp³-hybridized carbons (Fsp3) is 0.182. The first-order valence-electron chi connectivity index (χ1n) is 9.23. The molecule has 168 valence electrons. The van der Waals surface area contributed by atoms with E-state index >= 15 is 0 Å². The third-order valence-corrected chi connectivity index (χ3v) is 4.63. The highest BCUT2D eigenvalue weighted by Gasteiger charge is 2.40. The van der Waals surface area contributed by atoms with Crippen molar-refractivity contribution in [2.24, 2.45) is 0 Å². The van der Waals surface area contributed by atoms with E-state index < -0.39 is 47.2 Å². The smallest absolute Gasteiger partial charge is 0.379 e. The lowest BCUT2D eigenvalue weighted by Gasteiger charge is -2.18. The number of halogens is 6. The number of pyridine rings is 1. The van der Waals surface area contributed by atoms with Crippen molar-refractivity contribution in [3.8, 4) is 11.1 Å². The number of nitrogens with one attached hydrogen (secondary N) is 1. The van der Waals surface area contributed by atoms with Gasteiger partial charge in [-0.2, -0.15) is 13.2 Å². The molecule has 1 amide bonds. The second-order valence-corrected chi connectivity index (χ2v) is 7.01. The fourth-order valence-corrected chi connectivity index (χ4v) is 3.01. The van der Waals surface area contributed by atoms with Crippen LogP contribution in [0.25, 0.3) is 11.1 Å². The molecule has 32 heavy (non-hydrogen) atoms. The first-order valence-corrected chi connectivity index (χ1v) is 9.23. The summed E-state index contributed by atoms with van der Waals surface area (Å²) in [5.74, 6) is -3.38. The van der Waals surface area contributed by atoms with Crippen LogP contribution < -0.4 is 5.32 Å². The Hall–Kier alpha value is -3.40. The maximum absolute atomic E-state index is 14.2. The molecule has 0 radical (unpaired) electrons. The summed E-state index contributed by atoms with van der Waals surface area (Å²) in [7, 11) is 0. The molecule has 0 aliphatic rings. The summed E-state index contributed by atoms with van der Waals surface area (Å²) in [4.78, 5) is 16.5. The van der Waals surface area contributed by atoms with Gasteiger partial charge in [0.05, 0.1) is 17.9 Å².